The number of carbonyl (C=O) groups is 2. The molecule has 1 aliphatic rings. The summed E-state index contributed by atoms with van der Waals surface area (Å²) in [4.78, 5) is 26.7. The van der Waals surface area contributed by atoms with E-state index in [1.165, 1.54) is 23.1 Å². The van der Waals surface area contributed by atoms with Crippen LogP contribution in [0.2, 0.25) is 0 Å². The normalized spacial score (nSPS) is 14.8. The molecule has 0 aliphatic carbocycles. The topological polar surface area (TPSA) is 73.2 Å². The van der Waals surface area contributed by atoms with Gasteiger partial charge < -0.3 is 10.2 Å². The van der Waals surface area contributed by atoms with E-state index < -0.39 is 17.6 Å². The summed E-state index contributed by atoms with van der Waals surface area (Å²) in [5.74, 6) is -1.85. The molecule has 6 heteroatoms. The maximum atomic E-state index is 13.7. The summed E-state index contributed by atoms with van der Waals surface area (Å²) in [5, 5.41) is 11.8. The van der Waals surface area contributed by atoms with Gasteiger partial charge in [-0.2, -0.15) is 5.26 Å². The average molecular weight is 335 g/mol. The Morgan fingerprint density at radius 2 is 1.88 bits per heavy atom. The summed E-state index contributed by atoms with van der Waals surface area (Å²) >= 11 is 0. The van der Waals surface area contributed by atoms with Crippen LogP contribution in [0.4, 0.5) is 15.8 Å². The first kappa shape index (κ1) is 16.4. The van der Waals surface area contributed by atoms with Crippen molar-refractivity contribution in [3.8, 4) is 6.07 Å². The number of amides is 2. The lowest BCUT2D eigenvalue weighted by Gasteiger charge is -2.13. The van der Waals surface area contributed by atoms with Gasteiger partial charge in [-0.25, -0.2) is 4.39 Å². The number of anilines is 2. The molecule has 0 radical (unpaired) electrons. The largest absolute Gasteiger partial charge is 0.319 e. The van der Waals surface area contributed by atoms with Gasteiger partial charge in [-0.3, -0.25) is 9.59 Å². The van der Waals surface area contributed by atoms with E-state index in [9.17, 15) is 19.2 Å². The third-order valence-electron chi connectivity index (χ3n) is 3.95. The molecule has 5 nitrogen and oxygen atoms in total. The van der Waals surface area contributed by atoms with E-state index in [-0.39, 0.29) is 16.8 Å². The molecule has 0 aromatic heterocycles. The summed E-state index contributed by atoms with van der Waals surface area (Å²) in [7, 11) is 0. The van der Waals surface area contributed by atoms with Crippen molar-refractivity contribution in [3.63, 3.8) is 0 Å². The quantitative estimate of drug-likeness (QED) is 0.692. The van der Waals surface area contributed by atoms with Crippen LogP contribution in [-0.2, 0) is 9.59 Å². The van der Waals surface area contributed by atoms with Crippen molar-refractivity contribution < 1.29 is 14.0 Å². The highest BCUT2D eigenvalue weighted by atomic mass is 19.1. The third-order valence-corrected chi connectivity index (χ3v) is 3.95. The fourth-order valence-electron chi connectivity index (χ4n) is 2.80. The summed E-state index contributed by atoms with van der Waals surface area (Å²) in [6.07, 6.45) is 0. The Balaban J connectivity index is 2.08. The zero-order chi connectivity index (χ0) is 18.0. The van der Waals surface area contributed by atoms with E-state index in [4.69, 9.17) is 0 Å². The van der Waals surface area contributed by atoms with Crippen molar-refractivity contribution in [1.82, 2.24) is 0 Å². The minimum atomic E-state index is -0.816. The highest BCUT2D eigenvalue weighted by Gasteiger charge is 2.35. The summed E-state index contributed by atoms with van der Waals surface area (Å²) in [6, 6.07) is 14.4. The van der Waals surface area contributed by atoms with Crippen molar-refractivity contribution in [2.45, 2.75) is 6.92 Å². The van der Waals surface area contributed by atoms with Crippen LogP contribution < -0.4 is 10.2 Å². The van der Waals surface area contributed by atoms with Crippen LogP contribution in [0.25, 0.3) is 5.57 Å². The standard InChI is InChI=1S/C19H14FN3O2/c1-2-23-16-10-6-3-7-12(16)17(19(23)25)13(11-21)18(24)22-15-9-5-4-8-14(15)20/h3-10H,2H2,1H3,(H,22,24). The number of nitrogens with one attached hydrogen (secondary N) is 1. The minimum Gasteiger partial charge on any atom is -0.319 e. The van der Waals surface area contributed by atoms with Gasteiger partial charge in [0.25, 0.3) is 11.8 Å². The molecule has 0 spiro atoms. The number of halogens is 1. The highest BCUT2D eigenvalue weighted by molar-refractivity contribution is 6.37. The van der Waals surface area contributed by atoms with Crippen LogP contribution in [0.3, 0.4) is 0 Å². The SMILES string of the molecule is CCN1C(=O)C(=C(C#N)C(=O)Nc2ccccc2F)c2ccccc21. The molecule has 25 heavy (non-hydrogen) atoms. The number of hydrogen-bond donors (Lipinski definition) is 1. The lowest BCUT2D eigenvalue weighted by Crippen LogP contribution is -2.27. The second-order valence-corrected chi connectivity index (χ2v) is 5.36. The van der Waals surface area contributed by atoms with E-state index in [1.54, 1.807) is 36.4 Å². The van der Waals surface area contributed by atoms with Gasteiger partial charge in [-0.15, -0.1) is 0 Å². The maximum absolute atomic E-state index is 13.7. The van der Waals surface area contributed by atoms with E-state index in [2.05, 4.69) is 5.32 Å². The van der Waals surface area contributed by atoms with Crippen molar-refractivity contribution in [2.75, 3.05) is 16.8 Å². The Kier molecular flexibility index (Phi) is 4.31. The van der Waals surface area contributed by atoms with E-state index in [1.807, 2.05) is 6.92 Å². The number of nitriles is 1. The Hall–Kier alpha value is -3.46. The summed E-state index contributed by atoms with van der Waals surface area (Å²) in [5.41, 5.74) is 0.823. The molecule has 124 valence electrons. The Bertz CT molecular complexity index is 944. The van der Waals surface area contributed by atoms with Gasteiger partial charge in [0.05, 0.1) is 16.9 Å². The smallest absolute Gasteiger partial charge is 0.267 e. The van der Waals surface area contributed by atoms with Gasteiger partial charge in [0.1, 0.15) is 17.5 Å². The predicted octanol–water partition coefficient (Wildman–Crippen LogP) is 3.11. The predicted molar refractivity (Wildman–Crippen MR) is 92.0 cm³/mol. The molecule has 2 aromatic carbocycles. The highest BCUT2D eigenvalue weighted by Crippen LogP contribution is 2.38. The molecule has 0 atom stereocenters. The molecule has 0 saturated carbocycles. The zero-order valence-electron chi connectivity index (χ0n) is 13.4. The van der Waals surface area contributed by atoms with E-state index in [0.717, 1.165) is 0 Å². The molecule has 1 heterocycles. The van der Waals surface area contributed by atoms with Crippen molar-refractivity contribution >= 4 is 28.8 Å². The molecule has 3 rings (SSSR count). The van der Waals surface area contributed by atoms with Crippen LogP contribution in [-0.4, -0.2) is 18.4 Å². The number of rotatable bonds is 3. The first-order valence-electron chi connectivity index (χ1n) is 7.70. The molecule has 2 aromatic rings. The number of likely N-dealkylation sites (N-methyl/N-ethyl adjacent to an activating group) is 1. The van der Waals surface area contributed by atoms with Gasteiger partial charge in [0, 0.05) is 12.1 Å². The zero-order valence-corrected chi connectivity index (χ0v) is 13.4. The molecule has 0 fully saturated rings. The van der Waals surface area contributed by atoms with E-state index in [0.29, 0.717) is 17.8 Å². The van der Waals surface area contributed by atoms with Crippen LogP contribution in [0, 0.1) is 17.1 Å². The number of fused-ring (bicyclic) bond motifs is 1. The van der Waals surface area contributed by atoms with Gasteiger partial charge >= 0.3 is 0 Å². The Labute approximate surface area is 144 Å². The first-order valence-corrected chi connectivity index (χ1v) is 7.70. The molecule has 0 unspecified atom stereocenters. The molecule has 1 N–H and O–H groups in total. The van der Waals surface area contributed by atoms with Crippen LogP contribution >= 0.6 is 0 Å². The lowest BCUT2D eigenvalue weighted by atomic mass is 10.0. The van der Waals surface area contributed by atoms with Gasteiger partial charge in [0.15, 0.2) is 0 Å². The number of benzene rings is 2. The number of hydrogen-bond acceptors (Lipinski definition) is 3. The third kappa shape index (κ3) is 2.76. The van der Waals surface area contributed by atoms with Crippen molar-refractivity contribution in [2.24, 2.45) is 0 Å². The monoisotopic (exact) mass is 335 g/mol. The Morgan fingerprint density at radius 1 is 1.20 bits per heavy atom. The molecular weight excluding hydrogens is 321 g/mol. The second kappa shape index (κ2) is 6.57. The van der Waals surface area contributed by atoms with Crippen molar-refractivity contribution in [3.05, 3.63) is 65.5 Å². The molecule has 0 bridgehead atoms. The fourth-order valence-corrected chi connectivity index (χ4v) is 2.80. The molecule has 2 amide bonds. The van der Waals surface area contributed by atoms with Crippen molar-refractivity contribution in [1.29, 1.82) is 5.26 Å². The lowest BCUT2D eigenvalue weighted by molar-refractivity contribution is -0.114. The molecule has 1 aliphatic heterocycles. The van der Waals surface area contributed by atoms with Crippen LogP contribution in [0.5, 0.6) is 0 Å². The number of para-hydroxylation sites is 2. The minimum absolute atomic E-state index is 0.0359. The number of carbonyl (C=O) groups excluding carboxylic acids is 2. The van der Waals surface area contributed by atoms with Gasteiger partial charge in [-0.1, -0.05) is 30.3 Å². The number of nitrogens with zero attached hydrogens (tertiary/aromatic N) is 2. The Morgan fingerprint density at radius 3 is 2.56 bits per heavy atom. The van der Waals surface area contributed by atoms with Crippen LogP contribution in [0.1, 0.15) is 12.5 Å². The molecule has 0 saturated heterocycles. The van der Waals surface area contributed by atoms with Gasteiger partial charge in [-0.05, 0) is 25.1 Å². The summed E-state index contributed by atoms with van der Waals surface area (Å²) < 4.78 is 13.7. The second-order valence-electron chi connectivity index (χ2n) is 5.36. The van der Waals surface area contributed by atoms with E-state index >= 15 is 0 Å². The average Bonchev–Trinajstić information content (AvgIpc) is 2.90. The maximum Gasteiger partial charge on any atom is 0.267 e. The van der Waals surface area contributed by atoms with Crippen LogP contribution in [0.15, 0.2) is 54.1 Å². The summed E-state index contributed by atoms with van der Waals surface area (Å²) in [6.45, 7) is 2.22. The fraction of sp³-hybridized carbons (Fsp3) is 0.105. The molecular formula is C19H14FN3O2. The van der Waals surface area contributed by atoms with Gasteiger partial charge in [0.2, 0.25) is 0 Å². The first-order chi connectivity index (χ1) is 12.1.